The fourth-order valence-corrected chi connectivity index (χ4v) is 5.16. The van der Waals surface area contributed by atoms with Crippen molar-refractivity contribution >= 4 is 18.3 Å². The van der Waals surface area contributed by atoms with Gasteiger partial charge in [-0.3, -0.25) is 19.4 Å². The van der Waals surface area contributed by atoms with Crippen LogP contribution in [0.15, 0.2) is 79.5 Å². The molecule has 0 saturated carbocycles. The van der Waals surface area contributed by atoms with E-state index in [-0.39, 0.29) is 24.0 Å². The van der Waals surface area contributed by atoms with Crippen molar-refractivity contribution in [3.63, 3.8) is 0 Å². The average molecular weight is 624 g/mol. The third kappa shape index (κ3) is 9.72. The largest absolute Gasteiger partial charge is 0.494 e. The number of carboxylic acid groups (broad SMARTS) is 1. The van der Waals surface area contributed by atoms with E-state index in [1.807, 2.05) is 63.0 Å². The Bertz CT molecular complexity index is 1600. The molecule has 46 heavy (non-hydrogen) atoms. The van der Waals surface area contributed by atoms with Crippen molar-refractivity contribution in [2.75, 3.05) is 32.8 Å². The van der Waals surface area contributed by atoms with E-state index in [9.17, 15) is 9.59 Å². The standard InChI is InChI=1S/C33H35N7O3.CH2O2/c34-24-29-9-8-28(25-37-29)33(42)40-17-2-1-16-38(31(41)10-7-26-11-13-35-14-12-26)18-4-22-43-30-6-3-5-27(23-30)32-36-15-19-39(32)20-21-40;2-1-3/h3,5-6,8-9,11-15,19,23,25H,1-2,4,7,10,16-18,20-22H2;1H,(H,2,3). The first kappa shape index (κ1) is 33.3. The third-order valence-electron chi connectivity index (χ3n) is 7.51. The second kappa shape index (κ2) is 17.7. The Morgan fingerprint density at radius 2 is 1.70 bits per heavy atom. The lowest BCUT2D eigenvalue weighted by Crippen LogP contribution is -2.36. The van der Waals surface area contributed by atoms with E-state index in [0.717, 1.165) is 35.5 Å². The van der Waals surface area contributed by atoms with E-state index in [2.05, 4.69) is 15.0 Å². The highest BCUT2D eigenvalue weighted by molar-refractivity contribution is 5.94. The number of hydrogen-bond donors (Lipinski definition) is 1. The predicted molar refractivity (Wildman–Crippen MR) is 170 cm³/mol. The number of hydrogen-bond acceptors (Lipinski definition) is 8. The molecule has 0 radical (unpaired) electrons. The maximum Gasteiger partial charge on any atom is 0.290 e. The first-order chi connectivity index (χ1) is 22.5. The topological polar surface area (TPSA) is 155 Å². The van der Waals surface area contributed by atoms with E-state index in [0.29, 0.717) is 64.2 Å². The molecule has 4 heterocycles. The molecule has 0 unspecified atom stereocenters. The zero-order chi connectivity index (χ0) is 32.6. The number of benzene rings is 1. The van der Waals surface area contributed by atoms with Gasteiger partial charge in [-0.1, -0.05) is 12.1 Å². The minimum atomic E-state index is -0.250. The van der Waals surface area contributed by atoms with Crippen molar-refractivity contribution in [2.24, 2.45) is 0 Å². The van der Waals surface area contributed by atoms with Crippen LogP contribution in [0.3, 0.4) is 0 Å². The van der Waals surface area contributed by atoms with Crippen LogP contribution in [0.25, 0.3) is 11.4 Å². The first-order valence-corrected chi connectivity index (χ1v) is 15.2. The number of fused-ring (bicyclic) bond motifs is 4. The van der Waals surface area contributed by atoms with Gasteiger partial charge in [0.2, 0.25) is 5.91 Å². The SMILES string of the molecule is N#Cc1ccc(C(=O)N2CCCCN(C(=O)CCc3ccncc3)CCCOc3cccc(c3)-c3nccn3CC2)cn1.O=CO. The summed E-state index contributed by atoms with van der Waals surface area (Å²) in [4.78, 5) is 51.7. The normalized spacial score (nSPS) is 13.9. The molecule has 3 aromatic heterocycles. The zero-order valence-corrected chi connectivity index (χ0v) is 25.6. The maximum absolute atomic E-state index is 13.6. The van der Waals surface area contributed by atoms with Crippen molar-refractivity contribution in [2.45, 2.75) is 38.6 Å². The summed E-state index contributed by atoms with van der Waals surface area (Å²) in [6.45, 7) is 2.99. The Hall–Kier alpha value is -5.57. The zero-order valence-electron chi connectivity index (χ0n) is 25.6. The van der Waals surface area contributed by atoms with Gasteiger partial charge in [-0.25, -0.2) is 9.97 Å². The Labute approximate surface area is 267 Å². The van der Waals surface area contributed by atoms with E-state index in [1.165, 1.54) is 6.20 Å². The first-order valence-electron chi connectivity index (χ1n) is 15.2. The van der Waals surface area contributed by atoms with Crippen molar-refractivity contribution in [1.29, 1.82) is 5.26 Å². The fraction of sp³-hybridized carbons (Fsp3) is 0.324. The van der Waals surface area contributed by atoms with Gasteiger partial charge in [0.1, 0.15) is 23.3 Å². The molecular formula is C34H37N7O5. The summed E-state index contributed by atoms with van der Waals surface area (Å²) >= 11 is 0. The quantitative estimate of drug-likeness (QED) is 0.331. The van der Waals surface area contributed by atoms with Crippen molar-refractivity contribution in [3.05, 3.63) is 96.3 Å². The molecule has 1 aromatic carbocycles. The molecule has 1 aliphatic rings. The molecule has 5 rings (SSSR count). The number of amides is 2. The molecule has 1 aliphatic heterocycles. The average Bonchev–Trinajstić information content (AvgIpc) is 3.57. The second-order valence-electron chi connectivity index (χ2n) is 10.6. The summed E-state index contributed by atoms with van der Waals surface area (Å²) in [5.41, 5.74) is 2.72. The second-order valence-corrected chi connectivity index (χ2v) is 10.6. The van der Waals surface area contributed by atoms with Gasteiger partial charge in [0.15, 0.2) is 0 Å². The number of carbonyl (C=O) groups excluding carboxylic acids is 2. The highest BCUT2D eigenvalue weighted by atomic mass is 16.5. The van der Waals surface area contributed by atoms with E-state index in [4.69, 9.17) is 19.9 Å². The van der Waals surface area contributed by atoms with Crippen LogP contribution in [0.4, 0.5) is 0 Å². The van der Waals surface area contributed by atoms with Crippen LogP contribution in [0, 0.1) is 11.3 Å². The van der Waals surface area contributed by atoms with Gasteiger partial charge in [-0.05, 0) is 67.6 Å². The smallest absolute Gasteiger partial charge is 0.290 e. The molecule has 238 valence electrons. The number of nitriles is 1. The summed E-state index contributed by atoms with van der Waals surface area (Å²) in [5.74, 6) is 1.52. The summed E-state index contributed by atoms with van der Waals surface area (Å²) in [7, 11) is 0. The molecule has 2 bridgehead atoms. The number of aromatic nitrogens is 4. The third-order valence-corrected chi connectivity index (χ3v) is 7.51. The van der Waals surface area contributed by atoms with Crippen molar-refractivity contribution in [3.8, 4) is 23.2 Å². The van der Waals surface area contributed by atoms with Crippen molar-refractivity contribution in [1.82, 2.24) is 29.3 Å². The van der Waals surface area contributed by atoms with Crippen LogP contribution in [-0.2, 0) is 22.6 Å². The highest BCUT2D eigenvalue weighted by Crippen LogP contribution is 2.23. The summed E-state index contributed by atoms with van der Waals surface area (Å²) in [5, 5.41) is 16.0. The number of imidazole rings is 1. The monoisotopic (exact) mass is 623 g/mol. The van der Waals surface area contributed by atoms with Crippen LogP contribution in [0.2, 0.25) is 0 Å². The summed E-state index contributed by atoms with van der Waals surface area (Å²) < 4.78 is 8.11. The lowest BCUT2D eigenvalue weighted by atomic mass is 10.1. The Morgan fingerprint density at radius 1 is 0.935 bits per heavy atom. The van der Waals surface area contributed by atoms with E-state index >= 15 is 0 Å². The molecular weight excluding hydrogens is 586 g/mol. The Balaban J connectivity index is 0.00000154. The Kier molecular flexibility index (Phi) is 12.8. The maximum atomic E-state index is 13.6. The van der Waals surface area contributed by atoms with E-state index < -0.39 is 0 Å². The molecule has 2 amide bonds. The molecule has 1 N–H and O–H groups in total. The molecule has 4 aromatic rings. The molecule has 0 atom stereocenters. The van der Waals surface area contributed by atoms with Crippen molar-refractivity contribution < 1.29 is 24.2 Å². The van der Waals surface area contributed by atoms with Crippen LogP contribution in [0.5, 0.6) is 5.75 Å². The van der Waals surface area contributed by atoms with Gasteiger partial charge in [-0.15, -0.1) is 0 Å². The van der Waals surface area contributed by atoms with Gasteiger partial charge in [-0.2, -0.15) is 5.26 Å². The molecule has 0 spiro atoms. The highest BCUT2D eigenvalue weighted by Gasteiger charge is 2.19. The Morgan fingerprint density at radius 3 is 2.43 bits per heavy atom. The molecule has 12 nitrogen and oxygen atoms in total. The number of aryl methyl sites for hydroxylation is 1. The van der Waals surface area contributed by atoms with Gasteiger partial charge < -0.3 is 24.2 Å². The number of ether oxygens (including phenoxy) is 1. The van der Waals surface area contributed by atoms with Crippen LogP contribution >= 0.6 is 0 Å². The number of pyridine rings is 2. The molecule has 0 aliphatic carbocycles. The summed E-state index contributed by atoms with van der Waals surface area (Å²) in [6, 6.07) is 16.9. The molecule has 0 fully saturated rings. The van der Waals surface area contributed by atoms with Gasteiger partial charge in [0, 0.05) is 75.7 Å². The van der Waals surface area contributed by atoms with Crippen LogP contribution in [-0.4, -0.2) is 85.5 Å². The van der Waals surface area contributed by atoms with Crippen LogP contribution < -0.4 is 4.74 Å². The minimum absolute atomic E-state index is 0.110. The van der Waals surface area contributed by atoms with Crippen LogP contribution in [0.1, 0.15) is 47.3 Å². The fourth-order valence-electron chi connectivity index (χ4n) is 5.16. The number of rotatable bonds is 4. The van der Waals surface area contributed by atoms with E-state index in [1.54, 1.807) is 30.7 Å². The van der Waals surface area contributed by atoms with Gasteiger partial charge in [0.25, 0.3) is 12.4 Å². The molecule has 0 saturated heterocycles. The summed E-state index contributed by atoms with van der Waals surface area (Å²) in [6.07, 6.45) is 11.9. The van der Waals surface area contributed by atoms with Gasteiger partial charge >= 0.3 is 0 Å². The number of nitrogens with zero attached hydrogens (tertiary/aromatic N) is 7. The minimum Gasteiger partial charge on any atom is -0.494 e. The van der Waals surface area contributed by atoms with Gasteiger partial charge in [0.05, 0.1) is 12.2 Å². The predicted octanol–water partition coefficient (Wildman–Crippen LogP) is 4.08. The number of carbonyl (C=O) groups is 3. The molecule has 12 heteroatoms. The lowest BCUT2D eigenvalue weighted by molar-refractivity contribution is -0.131. The lowest BCUT2D eigenvalue weighted by Gasteiger charge is -2.25.